The van der Waals surface area contributed by atoms with Crippen molar-refractivity contribution in [3.8, 4) is 5.75 Å². The maximum absolute atomic E-state index is 12.5. The number of benzene rings is 2. The number of para-hydroxylation sites is 1. The number of halogens is 1. The molecular weight excluding hydrogens is 344 g/mol. The van der Waals surface area contributed by atoms with Gasteiger partial charge in [0.2, 0.25) is 0 Å². The predicted molar refractivity (Wildman–Crippen MR) is 92.6 cm³/mol. The number of hydrogen-bond donors (Lipinski definition) is 0. The van der Waals surface area contributed by atoms with Crippen LogP contribution in [-0.2, 0) is 9.59 Å². The Morgan fingerprint density at radius 2 is 1.72 bits per heavy atom. The van der Waals surface area contributed by atoms with E-state index in [2.05, 4.69) is 0 Å². The molecular formula is C18H15ClN2O4. The molecule has 0 bridgehead atoms. The highest BCUT2D eigenvalue weighted by atomic mass is 35.5. The fourth-order valence-corrected chi connectivity index (χ4v) is 2.62. The number of amides is 4. The Morgan fingerprint density at radius 1 is 1.08 bits per heavy atom. The number of nitrogens with zero attached hydrogens (tertiary/aromatic N) is 2. The summed E-state index contributed by atoms with van der Waals surface area (Å²) in [5.41, 5.74) is 0.430. The van der Waals surface area contributed by atoms with Crippen LogP contribution in [0.1, 0.15) is 6.92 Å². The van der Waals surface area contributed by atoms with E-state index in [1.165, 1.54) is 6.92 Å². The quantitative estimate of drug-likeness (QED) is 0.788. The second kappa shape index (κ2) is 6.94. The maximum atomic E-state index is 12.5. The summed E-state index contributed by atoms with van der Waals surface area (Å²) < 4.78 is 5.54. The topological polar surface area (TPSA) is 66.9 Å². The molecule has 1 aliphatic heterocycles. The monoisotopic (exact) mass is 358 g/mol. The fraction of sp³-hybridized carbons (Fsp3) is 0.167. The first-order valence-electron chi connectivity index (χ1n) is 7.63. The Kier molecular flexibility index (Phi) is 4.72. The van der Waals surface area contributed by atoms with Gasteiger partial charge in [0.25, 0.3) is 11.8 Å². The lowest BCUT2D eigenvalue weighted by Gasteiger charge is -2.20. The minimum absolute atomic E-state index is 0.305. The minimum atomic E-state index is -0.923. The maximum Gasteiger partial charge on any atom is 0.338 e. The molecule has 3 rings (SSSR count). The molecule has 4 amide bonds. The van der Waals surface area contributed by atoms with Gasteiger partial charge in [0.15, 0.2) is 6.10 Å². The number of ether oxygens (including phenoxy) is 1. The van der Waals surface area contributed by atoms with Gasteiger partial charge >= 0.3 is 6.03 Å². The smallest absolute Gasteiger partial charge is 0.338 e. The van der Waals surface area contributed by atoms with Crippen LogP contribution in [0, 0.1) is 0 Å². The third kappa shape index (κ3) is 3.49. The summed E-state index contributed by atoms with van der Waals surface area (Å²) >= 11 is 5.81. The minimum Gasteiger partial charge on any atom is -0.481 e. The summed E-state index contributed by atoms with van der Waals surface area (Å²) in [6.07, 6.45) is -0.923. The van der Waals surface area contributed by atoms with Crippen molar-refractivity contribution in [3.05, 3.63) is 59.6 Å². The highest BCUT2D eigenvalue weighted by Crippen LogP contribution is 2.23. The normalized spacial score (nSPS) is 15.4. The first kappa shape index (κ1) is 17.0. The molecule has 1 aliphatic rings. The molecule has 0 saturated carbocycles. The van der Waals surface area contributed by atoms with Crippen LogP contribution in [-0.4, -0.2) is 35.4 Å². The Bertz CT molecular complexity index is 808. The van der Waals surface area contributed by atoms with E-state index in [9.17, 15) is 14.4 Å². The van der Waals surface area contributed by atoms with Gasteiger partial charge in [0.1, 0.15) is 12.3 Å². The van der Waals surface area contributed by atoms with Gasteiger partial charge in [-0.05, 0) is 43.3 Å². The lowest BCUT2D eigenvalue weighted by molar-refractivity contribution is -0.135. The second-order valence-electron chi connectivity index (χ2n) is 5.49. The van der Waals surface area contributed by atoms with E-state index in [0.717, 1.165) is 9.80 Å². The number of hydrogen-bond acceptors (Lipinski definition) is 4. The lowest BCUT2D eigenvalue weighted by Crippen LogP contribution is -2.43. The summed E-state index contributed by atoms with van der Waals surface area (Å²) in [5, 5.41) is 0.546. The van der Waals surface area contributed by atoms with E-state index in [1.807, 2.05) is 0 Å². The van der Waals surface area contributed by atoms with Crippen LogP contribution in [0.3, 0.4) is 0 Å². The van der Waals surface area contributed by atoms with Crippen LogP contribution in [0.5, 0.6) is 5.75 Å². The Morgan fingerprint density at radius 3 is 2.36 bits per heavy atom. The van der Waals surface area contributed by atoms with Crippen molar-refractivity contribution in [2.45, 2.75) is 13.0 Å². The van der Waals surface area contributed by atoms with Gasteiger partial charge in [0.05, 0.1) is 5.69 Å². The number of urea groups is 1. The Balaban J connectivity index is 1.73. The number of rotatable bonds is 4. The number of imide groups is 2. The van der Waals surface area contributed by atoms with E-state index >= 15 is 0 Å². The third-order valence-corrected chi connectivity index (χ3v) is 3.97. The van der Waals surface area contributed by atoms with Gasteiger partial charge in [-0.15, -0.1) is 0 Å². The number of carbonyl (C=O) groups excluding carboxylic acids is 3. The summed E-state index contributed by atoms with van der Waals surface area (Å²) in [6.45, 7) is 1.22. The second-order valence-corrected chi connectivity index (χ2v) is 5.92. The molecule has 0 radical (unpaired) electrons. The van der Waals surface area contributed by atoms with Crippen molar-refractivity contribution in [2.75, 3.05) is 11.4 Å². The van der Waals surface area contributed by atoms with Gasteiger partial charge in [-0.3, -0.25) is 14.5 Å². The van der Waals surface area contributed by atoms with Crippen molar-refractivity contribution in [2.24, 2.45) is 0 Å². The van der Waals surface area contributed by atoms with Crippen LogP contribution in [0.4, 0.5) is 10.5 Å². The van der Waals surface area contributed by atoms with E-state index in [0.29, 0.717) is 16.5 Å². The van der Waals surface area contributed by atoms with Gasteiger partial charge in [0, 0.05) is 5.02 Å². The molecule has 25 heavy (non-hydrogen) atoms. The predicted octanol–water partition coefficient (Wildman–Crippen LogP) is 3.10. The molecule has 1 unspecified atom stereocenters. The molecule has 1 saturated heterocycles. The zero-order chi connectivity index (χ0) is 18.0. The average Bonchev–Trinajstić information content (AvgIpc) is 2.91. The van der Waals surface area contributed by atoms with Gasteiger partial charge in [-0.2, -0.15) is 0 Å². The van der Waals surface area contributed by atoms with Crippen LogP contribution in [0.25, 0.3) is 0 Å². The Labute approximate surface area is 149 Å². The highest BCUT2D eigenvalue weighted by Gasteiger charge is 2.42. The molecule has 0 spiro atoms. The summed E-state index contributed by atoms with van der Waals surface area (Å²) in [6, 6.07) is 14.3. The summed E-state index contributed by atoms with van der Waals surface area (Å²) in [5.74, 6) is -0.585. The first-order valence-corrected chi connectivity index (χ1v) is 8.01. The number of carbonyl (C=O) groups is 3. The molecule has 0 N–H and O–H groups in total. The summed E-state index contributed by atoms with van der Waals surface area (Å²) in [7, 11) is 0. The van der Waals surface area contributed by atoms with Crippen molar-refractivity contribution >= 4 is 35.1 Å². The van der Waals surface area contributed by atoms with Crippen LogP contribution in [0.2, 0.25) is 5.02 Å². The molecule has 6 nitrogen and oxygen atoms in total. The first-order chi connectivity index (χ1) is 12.0. The summed E-state index contributed by atoms with van der Waals surface area (Å²) in [4.78, 5) is 39.1. The molecule has 128 valence electrons. The molecule has 1 heterocycles. The van der Waals surface area contributed by atoms with Crippen LogP contribution < -0.4 is 9.64 Å². The largest absolute Gasteiger partial charge is 0.481 e. The van der Waals surface area contributed by atoms with E-state index in [-0.39, 0.29) is 6.54 Å². The van der Waals surface area contributed by atoms with Crippen molar-refractivity contribution in [1.82, 2.24) is 4.90 Å². The van der Waals surface area contributed by atoms with Gasteiger partial charge in [-0.25, -0.2) is 9.69 Å². The molecule has 2 aromatic carbocycles. The van der Waals surface area contributed by atoms with E-state index < -0.39 is 23.9 Å². The van der Waals surface area contributed by atoms with E-state index in [1.54, 1.807) is 54.6 Å². The molecule has 2 aromatic rings. The zero-order valence-electron chi connectivity index (χ0n) is 13.4. The molecule has 7 heteroatoms. The number of anilines is 1. The van der Waals surface area contributed by atoms with Crippen LogP contribution in [0.15, 0.2) is 54.6 Å². The Hall–Kier alpha value is -2.86. The molecule has 1 atom stereocenters. The average molecular weight is 359 g/mol. The van der Waals surface area contributed by atoms with E-state index in [4.69, 9.17) is 16.3 Å². The third-order valence-electron chi connectivity index (χ3n) is 3.72. The van der Waals surface area contributed by atoms with Gasteiger partial charge in [-0.1, -0.05) is 29.8 Å². The fourth-order valence-electron chi connectivity index (χ4n) is 2.49. The van der Waals surface area contributed by atoms with Gasteiger partial charge < -0.3 is 4.74 Å². The SMILES string of the molecule is CC(Oc1ccc(Cl)cc1)C(=O)N1CC(=O)N(c2ccccc2)C1=O. The van der Waals surface area contributed by atoms with Crippen molar-refractivity contribution in [1.29, 1.82) is 0 Å². The standard InChI is InChI=1S/C18H15ClN2O4/c1-12(25-15-9-7-13(19)8-10-15)17(23)20-11-16(22)21(18(20)24)14-5-3-2-4-6-14/h2-10,12H,11H2,1H3. The van der Waals surface area contributed by atoms with Crippen LogP contribution >= 0.6 is 11.6 Å². The lowest BCUT2D eigenvalue weighted by atomic mass is 10.3. The molecule has 1 fully saturated rings. The molecule has 0 aromatic heterocycles. The van der Waals surface area contributed by atoms with Crippen molar-refractivity contribution < 1.29 is 19.1 Å². The molecule has 0 aliphatic carbocycles. The zero-order valence-corrected chi connectivity index (χ0v) is 14.1. The van der Waals surface area contributed by atoms with Crippen molar-refractivity contribution in [3.63, 3.8) is 0 Å². The highest BCUT2D eigenvalue weighted by molar-refractivity contribution is 6.30.